The molecule has 1 rings (SSSR count). The summed E-state index contributed by atoms with van der Waals surface area (Å²) >= 11 is 5.86. The summed E-state index contributed by atoms with van der Waals surface area (Å²) in [6.45, 7) is 0.233. The average molecular weight is 274 g/mol. The van der Waals surface area contributed by atoms with Crippen molar-refractivity contribution < 1.29 is 19.7 Å². The summed E-state index contributed by atoms with van der Waals surface area (Å²) in [5, 5.41) is 22.6. The second kappa shape index (κ2) is 6.70. The molecule has 0 spiro atoms. The highest BCUT2D eigenvalue weighted by atomic mass is 35.5. The van der Waals surface area contributed by atoms with Gasteiger partial charge in [-0.15, -0.1) is 0 Å². The van der Waals surface area contributed by atoms with Gasteiger partial charge >= 0.3 is 5.97 Å². The summed E-state index contributed by atoms with van der Waals surface area (Å²) in [6.07, 6.45) is -2.07. The van der Waals surface area contributed by atoms with Crippen molar-refractivity contribution >= 4 is 17.6 Å². The number of aliphatic hydroxyl groups is 2. The summed E-state index contributed by atoms with van der Waals surface area (Å²) in [7, 11) is 2.91. The van der Waals surface area contributed by atoms with Crippen molar-refractivity contribution in [3.05, 3.63) is 34.3 Å². The molecule has 2 atom stereocenters. The molecule has 0 bridgehead atoms. The fourth-order valence-electron chi connectivity index (χ4n) is 1.54. The second-order valence-electron chi connectivity index (χ2n) is 3.80. The standard InChI is InChI=1S/C12H16ClNO4/c1-14-6-10(15)11(16)7-3-4-9(13)8(5-7)12(17)18-2/h3-5,10-11,14-16H,6H2,1-2H3. The lowest BCUT2D eigenvalue weighted by atomic mass is 10.0. The lowest BCUT2D eigenvalue weighted by molar-refractivity contribution is 0.0201. The zero-order chi connectivity index (χ0) is 13.7. The van der Waals surface area contributed by atoms with Crippen LogP contribution in [-0.4, -0.2) is 43.0 Å². The minimum atomic E-state index is -1.10. The van der Waals surface area contributed by atoms with E-state index in [0.29, 0.717) is 5.56 Å². The van der Waals surface area contributed by atoms with E-state index in [4.69, 9.17) is 11.6 Å². The molecule has 2 unspecified atom stereocenters. The summed E-state index contributed by atoms with van der Waals surface area (Å²) in [6, 6.07) is 4.45. The smallest absolute Gasteiger partial charge is 0.339 e. The van der Waals surface area contributed by atoms with Crippen LogP contribution in [0.25, 0.3) is 0 Å². The molecule has 0 aliphatic rings. The topological polar surface area (TPSA) is 78.8 Å². The molecule has 100 valence electrons. The Bertz CT molecular complexity index is 425. The summed E-state index contributed by atoms with van der Waals surface area (Å²) in [5.74, 6) is -0.586. The molecule has 0 aliphatic carbocycles. The van der Waals surface area contributed by atoms with Crippen LogP contribution in [0, 0.1) is 0 Å². The number of carbonyl (C=O) groups is 1. The van der Waals surface area contributed by atoms with Gasteiger partial charge in [0.1, 0.15) is 6.10 Å². The molecule has 0 fully saturated rings. The highest BCUT2D eigenvalue weighted by Gasteiger charge is 2.20. The summed E-state index contributed by atoms with van der Waals surface area (Å²) in [5.41, 5.74) is 0.565. The minimum absolute atomic E-state index is 0.160. The van der Waals surface area contributed by atoms with Gasteiger partial charge in [0.2, 0.25) is 0 Å². The van der Waals surface area contributed by atoms with Gasteiger partial charge in [-0.05, 0) is 24.7 Å². The molecule has 0 aliphatic heterocycles. The first-order valence-corrected chi connectivity index (χ1v) is 5.77. The maximum atomic E-state index is 11.4. The highest BCUT2D eigenvalue weighted by Crippen LogP contribution is 2.24. The van der Waals surface area contributed by atoms with Crippen LogP contribution in [-0.2, 0) is 4.74 Å². The predicted octanol–water partition coefficient (Wildman–Crippen LogP) is 0.740. The van der Waals surface area contributed by atoms with Crippen molar-refractivity contribution in [1.82, 2.24) is 5.32 Å². The number of ether oxygens (including phenoxy) is 1. The molecule has 0 saturated heterocycles. The minimum Gasteiger partial charge on any atom is -0.465 e. The van der Waals surface area contributed by atoms with Crippen LogP contribution in [0.4, 0.5) is 0 Å². The van der Waals surface area contributed by atoms with E-state index in [2.05, 4.69) is 10.1 Å². The number of aliphatic hydroxyl groups excluding tert-OH is 2. The van der Waals surface area contributed by atoms with Gasteiger partial charge in [-0.1, -0.05) is 17.7 Å². The summed E-state index contributed by atoms with van der Waals surface area (Å²) < 4.78 is 4.58. The Hall–Kier alpha value is -1.14. The van der Waals surface area contributed by atoms with Gasteiger partial charge in [0, 0.05) is 6.54 Å². The number of hydrogen-bond donors (Lipinski definition) is 3. The SMILES string of the molecule is CNCC(O)C(O)c1ccc(Cl)c(C(=O)OC)c1. The van der Waals surface area contributed by atoms with Crippen molar-refractivity contribution in [1.29, 1.82) is 0 Å². The van der Waals surface area contributed by atoms with E-state index in [1.54, 1.807) is 13.1 Å². The molecule has 0 saturated carbocycles. The van der Waals surface area contributed by atoms with E-state index < -0.39 is 18.2 Å². The fourth-order valence-corrected chi connectivity index (χ4v) is 1.73. The Morgan fingerprint density at radius 3 is 2.72 bits per heavy atom. The highest BCUT2D eigenvalue weighted by molar-refractivity contribution is 6.33. The summed E-state index contributed by atoms with van der Waals surface area (Å²) in [4.78, 5) is 11.4. The van der Waals surface area contributed by atoms with Crippen molar-refractivity contribution in [2.45, 2.75) is 12.2 Å². The molecule has 3 N–H and O–H groups in total. The zero-order valence-electron chi connectivity index (χ0n) is 10.2. The molecule has 5 nitrogen and oxygen atoms in total. The maximum absolute atomic E-state index is 11.4. The van der Waals surface area contributed by atoms with E-state index in [-0.39, 0.29) is 17.1 Å². The first kappa shape index (κ1) is 14.9. The van der Waals surface area contributed by atoms with E-state index >= 15 is 0 Å². The van der Waals surface area contributed by atoms with Gasteiger partial charge in [0.15, 0.2) is 0 Å². The normalized spacial score (nSPS) is 14.1. The molecule has 6 heteroatoms. The largest absolute Gasteiger partial charge is 0.465 e. The Morgan fingerprint density at radius 1 is 1.50 bits per heavy atom. The number of halogens is 1. The van der Waals surface area contributed by atoms with Crippen molar-refractivity contribution in [2.75, 3.05) is 20.7 Å². The van der Waals surface area contributed by atoms with Crippen LogP contribution in [0.1, 0.15) is 22.0 Å². The number of carbonyl (C=O) groups excluding carboxylic acids is 1. The number of nitrogens with one attached hydrogen (secondary N) is 1. The lowest BCUT2D eigenvalue weighted by Gasteiger charge is -2.18. The van der Waals surface area contributed by atoms with Crippen molar-refractivity contribution in [3.8, 4) is 0 Å². The second-order valence-corrected chi connectivity index (χ2v) is 4.21. The van der Waals surface area contributed by atoms with E-state index in [9.17, 15) is 15.0 Å². The molecular formula is C12H16ClNO4. The Morgan fingerprint density at radius 2 is 2.17 bits per heavy atom. The van der Waals surface area contributed by atoms with E-state index in [1.165, 1.54) is 19.2 Å². The third kappa shape index (κ3) is 3.43. The van der Waals surface area contributed by atoms with Gasteiger partial charge in [-0.3, -0.25) is 0 Å². The Labute approximate surface area is 110 Å². The first-order valence-electron chi connectivity index (χ1n) is 5.39. The van der Waals surface area contributed by atoms with Gasteiger partial charge in [-0.25, -0.2) is 4.79 Å². The zero-order valence-corrected chi connectivity index (χ0v) is 10.9. The first-order chi connectivity index (χ1) is 8.51. The third-order valence-electron chi connectivity index (χ3n) is 2.51. The van der Waals surface area contributed by atoms with Crippen molar-refractivity contribution in [2.24, 2.45) is 0 Å². The molecule has 18 heavy (non-hydrogen) atoms. The molecule has 0 amide bonds. The van der Waals surface area contributed by atoms with Gasteiger partial charge in [0.05, 0.1) is 23.8 Å². The molecule has 0 radical (unpaired) electrons. The number of hydrogen-bond acceptors (Lipinski definition) is 5. The number of esters is 1. The van der Waals surface area contributed by atoms with E-state index in [0.717, 1.165) is 0 Å². The lowest BCUT2D eigenvalue weighted by Crippen LogP contribution is -2.29. The molecule has 1 aromatic rings. The van der Waals surface area contributed by atoms with Crippen LogP contribution in [0.3, 0.4) is 0 Å². The monoisotopic (exact) mass is 273 g/mol. The quantitative estimate of drug-likeness (QED) is 0.690. The van der Waals surface area contributed by atoms with Crippen LogP contribution in [0.15, 0.2) is 18.2 Å². The van der Waals surface area contributed by atoms with E-state index in [1.807, 2.05) is 0 Å². The van der Waals surface area contributed by atoms with Crippen LogP contribution < -0.4 is 5.32 Å². The number of likely N-dealkylation sites (N-methyl/N-ethyl adjacent to an activating group) is 1. The molecule has 0 aromatic heterocycles. The average Bonchev–Trinajstić information content (AvgIpc) is 2.38. The fraction of sp³-hybridized carbons (Fsp3) is 0.417. The number of rotatable bonds is 5. The predicted molar refractivity (Wildman–Crippen MR) is 67.7 cm³/mol. The Kier molecular flexibility index (Phi) is 5.55. The van der Waals surface area contributed by atoms with Crippen LogP contribution in [0.5, 0.6) is 0 Å². The molecular weight excluding hydrogens is 258 g/mol. The van der Waals surface area contributed by atoms with Crippen molar-refractivity contribution in [3.63, 3.8) is 0 Å². The number of methoxy groups -OCH3 is 1. The number of benzene rings is 1. The maximum Gasteiger partial charge on any atom is 0.339 e. The van der Waals surface area contributed by atoms with Gasteiger partial charge in [-0.2, -0.15) is 0 Å². The Balaban J connectivity index is 3.00. The third-order valence-corrected chi connectivity index (χ3v) is 2.84. The van der Waals surface area contributed by atoms with Crippen LogP contribution in [0.2, 0.25) is 5.02 Å². The van der Waals surface area contributed by atoms with Gasteiger partial charge in [0.25, 0.3) is 0 Å². The van der Waals surface area contributed by atoms with Gasteiger partial charge < -0.3 is 20.3 Å². The molecule has 0 heterocycles. The van der Waals surface area contributed by atoms with Crippen LogP contribution >= 0.6 is 11.6 Å². The molecule has 1 aromatic carbocycles.